The zero-order valence-electron chi connectivity index (χ0n) is 10.1. The smallest absolute Gasteiger partial charge is 0.229 e. The molecule has 0 aromatic carbocycles. The second kappa shape index (κ2) is 4.53. The average molecular weight is 224 g/mol. The summed E-state index contributed by atoms with van der Waals surface area (Å²) in [5.41, 5.74) is -0.629. The van der Waals surface area contributed by atoms with Gasteiger partial charge in [0.1, 0.15) is 0 Å². The third kappa shape index (κ3) is 2.26. The van der Waals surface area contributed by atoms with E-state index in [4.69, 9.17) is 4.52 Å². The molecule has 0 radical (unpaired) electrons. The minimum absolute atomic E-state index is 0.328. The zero-order valence-corrected chi connectivity index (χ0v) is 10.1. The van der Waals surface area contributed by atoms with Gasteiger partial charge in [0.25, 0.3) is 0 Å². The van der Waals surface area contributed by atoms with Gasteiger partial charge in [0.15, 0.2) is 5.82 Å². The molecule has 2 atom stereocenters. The first-order chi connectivity index (χ1) is 7.64. The molecule has 1 N–H and O–H groups in total. The van der Waals surface area contributed by atoms with Crippen molar-refractivity contribution >= 4 is 0 Å². The van der Waals surface area contributed by atoms with Gasteiger partial charge in [0, 0.05) is 6.42 Å². The lowest BCUT2D eigenvalue weighted by Gasteiger charge is -2.25. The highest BCUT2D eigenvalue weighted by Gasteiger charge is 2.39. The Bertz CT molecular complexity index is 351. The lowest BCUT2D eigenvalue weighted by Crippen LogP contribution is -2.34. The molecule has 1 fully saturated rings. The molecule has 4 nitrogen and oxygen atoms in total. The standard InChI is InChI=1S/C12H20N2O2/c1-3-5-10-13-11(16-14-10)8-12(15)7-4-6-9(12)2/h9,15H,3-8H2,1-2H3. The van der Waals surface area contributed by atoms with Gasteiger partial charge in [-0.25, -0.2) is 0 Å². The molecule has 4 heteroatoms. The summed E-state index contributed by atoms with van der Waals surface area (Å²) in [5, 5.41) is 14.3. The Hall–Kier alpha value is -0.900. The van der Waals surface area contributed by atoms with Crippen molar-refractivity contribution < 1.29 is 9.63 Å². The van der Waals surface area contributed by atoms with Crippen molar-refractivity contribution in [1.29, 1.82) is 0 Å². The summed E-state index contributed by atoms with van der Waals surface area (Å²) in [6.45, 7) is 4.18. The van der Waals surface area contributed by atoms with Crippen LogP contribution in [0.25, 0.3) is 0 Å². The third-order valence-corrected chi connectivity index (χ3v) is 3.61. The zero-order chi connectivity index (χ0) is 11.6. The van der Waals surface area contributed by atoms with Crippen LogP contribution >= 0.6 is 0 Å². The highest BCUT2D eigenvalue weighted by Crippen LogP contribution is 2.37. The Labute approximate surface area is 96.1 Å². The molecular formula is C12H20N2O2. The molecule has 1 aromatic heterocycles. The van der Waals surface area contributed by atoms with Gasteiger partial charge in [0.05, 0.1) is 12.0 Å². The van der Waals surface area contributed by atoms with E-state index >= 15 is 0 Å². The number of rotatable bonds is 4. The van der Waals surface area contributed by atoms with Crippen LogP contribution in [0, 0.1) is 5.92 Å². The first-order valence-corrected chi connectivity index (χ1v) is 6.18. The molecule has 16 heavy (non-hydrogen) atoms. The fourth-order valence-electron chi connectivity index (χ4n) is 2.44. The van der Waals surface area contributed by atoms with Crippen LogP contribution in [0.2, 0.25) is 0 Å². The van der Waals surface area contributed by atoms with Crippen LogP contribution < -0.4 is 0 Å². The molecule has 2 rings (SSSR count). The van der Waals surface area contributed by atoms with E-state index in [0.717, 1.165) is 37.9 Å². The Morgan fingerprint density at radius 1 is 1.56 bits per heavy atom. The largest absolute Gasteiger partial charge is 0.389 e. The molecule has 0 spiro atoms. The van der Waals surface area contributed by atoms with Crippen LogP contribution in [0.4, 0.5) is 0 Å². The summed E-state index contributed by atoms with van der Waals surface area (Å²) in [5.74, 6) is 1.67. The molecule has 1 aliphatic carbocycles. The molecule has 1 aliphatic rings. The molecule has 0 aliphatic heterocycles. The van der Waals surface area contributed by atoms with Gasteiger partial charge in [-0.15, -0.1) is 0 Å². The van der Waals surface area contributed by atoms with Crippen LogP contribution in [0.1, 0.15) is 51.2 Å². The fourth-order valence-corrected chi connectivity index (χ4v) is 2.44. The molecule has 1 heterocycles. The second-order valence-electron chi connectivity index (χ2n) is 4.93. The van der Waals surface area contributed by atoms with E-state index in [9.17, 15) is 5.11 Å². The predicted octanol–water partition coefficient (Wildman–Crippen LogP) is 2.12. The minimum Gasteiger partial charge on any atom is -0.389 e. The van der Waals surface area contributed by atoms with Crippen LogP contribution in [0.15, 0.2) is 4.52 Å². The van der Waals surface area contributed by atoms with Gasteiger partial charge in [-0.1, -0.05) is 25.4 Å². The summed E-state index contributed by atoms with van der Waals surface area (Å²) in [7, 11) is 0. The van der Waals surface area contributed by atoms with Gasteiger partial charge in [0.2, 0.25) is 5.89 Å². The molecular weight excluding hydrogens is 204 g/mol. The Morgan fingerprint density at radius 3 is 3.00 bits per heavy atom. The Balaban J connectivity index is 2.02. The number of hydrogen-bond acceptors (Lipinski definition) is 4. The van der Waals surface area contributed by atoms with E-state index in [1.807, 2.05) is 0 Å². The van der Waals surface area contributed by atoms with Crippen LogP contribution in [0.3, 0.4) is 0 Å². The van der Waals surface area contributed by atoms with Gasteiger partial charge in [-0.05, 0) is 25.2 Å². The molecule has 2 unspecified atom stereocenters. The fraction of sp³-hybridized carbons (Fsp3) is 0.833. The maximum Gasteiger partial charge on any atom is 0.229 e. The maximum absolute atomic E-state index is 10.4. The van der Waals surface area contributed by atoms with Crippen LogP contribution in [-0.4, -0.2) is 20.8 Å². The van der Waals surface area contributed by atoms with E-state index in [-0.39, 0.29) is 0 Å². The third-order valence-electron chi connectivity index (χ3n) is 3.61. The lowest BCUT2D eigenvalue weighted by molar-refractivity contribution is 0.00291. The van der Waals surface area contributed by atoms with Crippen molar-refractivity contribution in [1.82, 2.24) is 10.1 Å². The van der Waals surface area contributed by atoms with Crippen molar-refractivity contribution in [2.45, 2.75) is 58.0 Å². The molecule has 90 valence electrons. The molecule has 0 saturated heterocycles. The van der Waals surface area contributed by atoms with E-state index < -0.39 is 5.60 Å². The SMILES string of the molecule is CCCc1noc(CC2(O)CCCC2C)n1. The van der Waals surface area contributed by atoms with Crippen molar-refractivity contribution in [3.8, 4) is 0 Å². The predicted molar refractivity (Wildman–Crippen MR) is 60.0 cm³/mol. The number of aryl methyl sites for hydroxylation is 1. The van der Waals surface area contributed by atoms with Gasteiger partial charge < -0.3 is 9.63 Å². The Kier molecular flexibility index (Phi) is 3.28. The summed E-state index contributed by atoms with van der Waals surface area (Å²) in [4.78, 5) is 4.31. The van der Waals surface area contributed by atoms with Crippen LogP contribution in [0.5, 0.6) is 0 Å². The van der Waals surface area contributed by atoms with Gasteiger partial charge in [-0.2, -0.15) is 4.98 Å². The van der Waals surface area contributed by atoms with E-state index in [2.05, 4.69) is 24.0 Å². The van der Waals surface area contributed by atoms with Crippen LogP contribution in [-0.2, 0) is 12.8 Å². The number of aliphatic hydroxyl groups is 1. The topological polar surface area (TPSA) is 59.2 Å². The second-order valence-corrected chi connectivity index (χ2v) is 4.93. The minimum atomic E-state index is -0.629. The first kappa shape index (κ1) is 11.6. The Morgan fingerprint density at radius 2 is 2.38 bits per heavy atom. The maximum atomic E-state index is 10.4. The number of aromatic nitrogens is 2. The van der Waals surface area contributed by atoms with Crippen molar-refractivity contribution in [2.24, 2.45) is 5.92 Å². The lowest BCUT2D eigenvalue weighted by atomic mass is 9.89. The number of nitrogens with zero attached hydrogens (tertiary/aromatic N) is 2. The average Bonchev–Trinajstić information content (AvgIpc) is 2.77. The summed E-state index contributed by atoms with van der Waals surface area (Å²) in [6.07, 6.45) is 5.39. The summed E-state index contributed by atoms with van der Waals surface area (Å²) in [6, 6.07) is 0. The summed E-state index contributed by atoms with van der Waals surface area (Å²) < 4.78 is 5.17. The first-order valence-electron chi connectivity index (χ1n) is 6.18. The normalized spacial score (nSPS) is 29.8. The molecule has 1 saturated carbocycles. The van der Waals surface area contributed by atoms with E-state index in [1.54, 1.807) is 0 Å². The molecule has 1 aromatic rings. The van der Waals surface area contributed by atoms with Crippen molar-refractivity contribution in [3.63, 3.8) is 0 Å². The van der Waals surface area contributed by atoms with Gasteiger partial charge >= 0.3 is 0 Å². The monoisotopic (exact) mass is 224 g/mol. The highest BCUT2D eigenvalue weighted by molar-refractivity contribution is 4.98. The van der Waals surface area contributed by atoms with Crippen molar-refractivity contribution in [2.75, 3.05) is 0 Å². The highest BCUT2D eigenvalue weighted by atomic mass is 16.5. The molecule has 0 amide bonds. The summed E-state index contributed by atoms with van der Waals surface area (Å²) >= 11 is 0. The molecule has 0 bridgehead atoms. The van der Waals surface area contributed by atoms with Crippen molar-refractivity contribution in [3.05, 3.63) is 11.7 Å². The number of hydrogen-bond donors (Lipinski definition) is 1. The van der Waals surface area contributed by atoms with E-state index in [0.29, 0.717) is 18.2 Å². The van der Waals surface area contributed by atoms with E-state index in [1.165, 1.54) is 0 Å². The van der Waals surface area contributed by atoms with Gasteiger partial charge in [-0.3, -0.25) is 0 Å². The quantitative estimate of drug-likeness (QED) is 0.851.